The van der Waals surface area contributed by atoms with Crippen LogP contribution in [-0.2, 0) is 13.1 Å². The van der Waals surface area contributed by atoms with Gasteiger partial charge in [0.2, 0.25) is 0 Å². The highest BCUT2D eigenvalue weighted by atomic mass is 16.4. The number of fused-ring (bicyclic) bond motifs is 1. The summed E-state index contributed by atoms with van der Waals surface area (Å²) >= 11 is 0. The average Bonchev–Trinajstić information content (AvgIpc) is 2.99. The number of hydrogen-bond donors (Lipinski definition) is 0. The maximum Gasteiger partial charge on any atom is 0.419 e. The minimum atomic E-state index is -0.307. The molecule has 110 valence electrons. The van der Waals surface area contributed by atoms with E-state index in [-0.39, 0.29) is 5.76 Å². The fourth-order valence-corrected chi connectivity index (χ4v) is 2.41. The molecule has 0 aliphatic heterocycles. The van der Waals surface area contributed by atoms with Gasteiger partial charge in [0.25, 0.3) is 0 Å². The van der Waals surface area contributed by atoms with Gasteiger partial charge in [0.05, 0.1) is 12.1 Å². The van der Waals surface area contributed by atoms with Crippen LogP contribution in [0.4, 0.5) is 0 Å². The lowest BCUT2D eigenvalue weighted by atomic mass is 10.3. The Balaban J connectivity index is 1.68. The fourth-order valence-electron chi connectivity index (χ4n) is 2.41. The van der Waals surface area contributed by atoms with Crippen molar-refractivity contribution in [1.82, 2.24) is 9.47 Å². The van der Waals surface area contributed by atoms with Crippen LogP contribution in [0.5, 0.6) is 0 Å². The quantitative estimate of drug-likeness (QED) is 0.723. The molecule has 3 rings (SSSR count). The Morgan fingerprint density at radius 2 is 1.95 bits per heavy atom. The Morgan fingerprint density at radius 1 is 1.14 bits per heavy atom. The zero-order valence-electron chi connectivity index (χ0n) is 12.2. The van der Waals surface area contributed by atoms with Gasteiger partial charge in [-0.05, 0) is 38.2 Å². The molecule has 5 heteroatoms. The van der Waals surface area contributed by atoms with Crippen molar-refractivity contribution in [2.24, 2.45) is 0 Å². The highest BCUT2D eigenvalue weighted by molar-refractivity contribution is 5.72. The summed E-state index contributed by atoms with van der Waals surface area (Å²) in [5.74, 6) is 1.54. The van der Waals surface area contributed by atoms with E-state index in [1.807, 2.05) is 50.4 Å². The second-order valence-electron chi connectivity index (χ2n) is 5.24. The molecule has 0 bridgehead atoms. The zero-order chi connectivity index (χ0) is 14.8. The van der Waals surface area contributed by atoms with Gasteiger partial charge in [-0.2, -0.15) is 0 Å². The van der Waals surface area contributed by atoms with Crippen LogP contribution in [0, 0.1) is 6.92 Å². The first-order chi connectivity index (χ1) is 10.1. The van der Waals surface area contributed by atoms with E-state index >= 15 is 0 Å². The molecule has 0 radical (unpaired) electrons. The summed E-state index contributed by atoms with van der Waals surface area (Å²) in [7, 11) is 2.01. The molecular formula is C16H18N2O3. The van der Waals surface area contributed by atoms with Gasteiger partial charge in [0.15, 0.2) is 5.58 Å². The molecule has 0 unspecified atom stereocenters. The average molecular weight is 286 g/mol. The summed E-state index contributed by atoms with van der Waals surface area (Å²) in [6.45, 7) is 3.98. The predicted molar refractivity (Wildman–Crippen MR) is 80.3 cm³/mol. The van der Waals surface area contributed by atoms with Gasteiger partial charge < -0.3 is 8.83 Å². The molecule has 2 aromatic heterocycles. The van der Waals surface area contributed by atoms with Crippen molar-refractivity contribution in [3.8, 4) is 0 Å². The summed E-state index contributed by atoms with van der Waals surface area (Å²) in [6, 6.07) is 11.4. The third kappa shape index (κ3) is 2.92. The summed E-state index contributed by atoms with van der Waals surface area (Å²) in [6.07, 6.45) is 0. The molecule has 0 aliphatic carbocycles. The molecule has 0 amide bonds. The van der Waals surface area contributed by atoms with Crippen molar-refractivity contribution in [3.63, 3.8) is 0 Å². The van der Waals surface area contributed by atoms with Crippen LogP contribution in [0.3, 0.4) is 0 Å². The van der Waals surface area contributed by atoms with Crippen molar-refractivity contribution >= 4 is 11.1 Å². The lowest BCUT2D eigenvalue weighted by molar-refractivity contribution is 0.279. The van der Waals surface area contributed by atoms with E-state index in [9.17, 15) is 4.79 Å². The van der Waals surface area contributed by atoms with Crippen molar-refractivity contribution < 1.29 is 8.83 Å². The Kier molecular flexibility index (Phi) is 3.66. The zero-order valence-corrected chi connectivity index (χ0v) is 12.2. The first-order valence-corrected chi connectivity index (χ1v) is 6.96. The normalized spacial score (nSPS) is 11.6. The number of furan rings is 1. The van der Waals surface area contributed by atoms with Gasteiger partial charge in [-0.15, -0.1) is 0 Å². The topological polar surface area (TPSA) is 51.5 Å². The van der Waals surface area contributed by atoms with Crippen molar-refractivity contribution in [3.05, 3.63) is 58.5 Å². The number of benzene rings is 1. The molecule has 0 spiro atoms. The van der Waals surface area contributed by atoms with E-state index in [0.717, 1.165) is 30.1 Å². The maximum atomic E-state index is 11.9. The molecule has 0 N–H and O–H groups in total. The van der Waals surface area contributed by atoms with Crippen LogP contribution >= 0.6 is 0 Å². The number of para-hydroxylation sites is 2. The second-order valence-corrected chi connectivity index (χ2v) is 5.24. The molecular weight excluding hydrogens is 268 g/mol. The van der Waals surface area contributed by atoms with Crippen LogP contribution in [0.15, 0.2) is 50.0 Å². The number of oxazole rings is 1. The van der Waals surface area contributed by atoms with Crippen molar-refractivity contribution in [1.29, 1.82) is 0 Å². The van der Waals surface area contributed by atoms with E-state index in [2.05, 4.69) is 4.90 Å². The summed E-state index contributed by atoms with van der Waals surface area (Å²) < 4.78 is 12.4. The van der Waals surface area contributed by atoms with Crippen LogP contribution in [0.25, 0.3) is 11.1 Å². The lowest BCUT2D eigenvalue weighted by Crippen LogP contribution is -2.26. The summed E-state index contributed by atoms with van der Waals surface area (Å²) in [5, 5.41) is 0. The number of aromatic nitrogens is 1. The number of aryl methyl sites for hydroxylation is 1. The Hall–Kier alpha value is -2.27. The highest BCUT2D eigenvalue weighted by Gasteiger charge is 2.10. The molecule has 0 saturated carbocycles. The molecule has 3 aromatic rings. The smallest absolute Gasteiger partial charge is 0.419 e. The van der Waals surface area contributed by atoms with Gasteiger partial charge in [-0.1, -0.05) is 12.1 Å². The molecule has 1 aromatic carbocycles. The van der Waals surface area contributed by atoms with Gasteiger partial charge in [-0.3, -0.25) is 9.47 Å². The Bertz CT molecular complexity index is 797. The van der Waals surface area contributed by atoms with Crippen molar-refractivity contribution in [2.75, 3.05) is 13.6 Å². The SMILES string of the molecule is Cc1ccc(CN(C)CCn2c(=O)oc3ccccc32)o1. The first-order valence-electron chi connectivity index (χ1n) is 6.96. The first kappa shape index (κ1) is 13.7. The third-order valence-corrected chi connectivity index (χ3v) is 3.50. The summed E-state index contributed by atoms with van der Waals surface area (Å²) in [4.78, 5) is 14.0. The standard InChI is InChI=1S/C16H18N2O3/c1-12-7-8-13(20-12)11-17(2)9-10-18-14-5-3-4-6-15(14)21-16(18)19/h3-8H,9-11H2,1-2H3. The van der Waals surface area contributed by atoms with E-state index in [0.29, 0.717) is 12.1 Å². The number of nitrogens with zero attached hydrogens (tertiary/aromatic N) is 2. The van der Waals surface area contributed by atoms with Gasteiger partial charge in [-0.25, -0.2) is 4.79 Å². The Morgan fingerprint density at radius 3 is 2.71 bits per heavy atom. The molecule has 0 fully saturated rings. The van der Waals surface area contributed by atoms with Gasteiger partial charge >= 0.3 is 5.76 Å². The fraction of sp³-hybridized carbons (Fsp3) is 0.312. The molecule has 0 saturated heterocycles. The largest absolute Gasteiger partial charge is 0.465 e. The monoisotopic (exact) mass is 286 g/mol. The van der Waals surface area contributed by atoms with E-state index in [1.54, 1.807) is 4.57 Å². The number of rotatable bonds is 5. The number of hydrogen-bond acceptors (Lipinski definition) is 4. The molecule has 0 atom stereocenters. The minimum absolute atomic E-state index is 0.307. The molecule has 21 heavy (non-hydrogen) atoms. The number of likely N-dealkylation sites (N-methyl/N-ethyl adjacent to an activating group) is 1. The highest BCUT2D eigenvalue weighted by Crippen LogP contribution is 2.12. The third-order valence-electron chi connectivity index (χ3n) is 3.50. The van der Waals surface area contributed by atoms with E-state index < -0.39 is 0 Å². The van der Waals surface area contributed by atoms with Crippen LogP contribution in [0.2, 0.25) is 0 Å². The van der Waals surface area contributed by atoms with Gasteiger partial charge in [0, 0.05) is 13.1 Å². The Labute approximate surface area is 122 Å². The minimum Gasteiger partial charge on any atom is -0.465 e. The van der Waals surface area contributed by atoms with Crippen LogP contribution < -0.4 is 5.76 Å². The molecule has 2 heterocycles. The molecule has 5 nitrogen and oxygen atoms in total. The van der Waals surface area contributed by atoms with Crippen molar-refractivity contribution in [2.45, 2.75) is 20.0 Å². The van der Waals surface area contributed by atoms with Gasteiger partial charge in [0.1, 0.15) is 11.5 Å². The molecule has 0 aliphatic rings. The predicted octanol–water partition coefficient (Wildman–Crippen LogP) is 2.63. The van der Waals surface area contributed by atoms with Crippen LogP contribution in [0.1, 0.15) is 11.5 Å². The van der Waals surface area contributed by atoms with E-state index in [1.165, 1.54) is 0 Å². The summed E-state index contributed by atoms with van der Waals surface area (Å²) in [5.41, 5.74) is 1.47. The lowest BCUT2D eigenvalue weighted by Gasteiger charge is -2.15. The van der Waals surface area contributed by atoms with E-state index in [4.69, 9.17) is 8.83 Å². The second kappa shape index (κ2) is 5.61. The van der Waals surface area contributed by atoms with Crippen LogP contribution in [-0.4, -0.2) is 23.1 Å². The maximum absolute atomic E-state index is 11.9.